The topological polar surface area (TPSA) is 98.0 Å². The molecule has 0 amide bonds. The van der Waals surface area contributed by atoms with Crippen LogP contribution >= 0.6 is 0 Å². The summed E-state index contributed by atoms with van der Waals surface area (Å²) >= 11 is 0. The number of nitrogens with one attached hydrogen (secondary N) is 1. The van der Waals surface area contributed by atoms with E-state index in [2.05, 4.69) is 19.8 Å². The van der Waals surface area contributed by atoms with Crippen LogP contribution in [0.3, 0.4) is 0 Å². The number of aromatic nitrogens is 3. The molecule has 0 aliphatic heterocycles. The summed E-state index contributed by atoms with van der Waals surface area (Å²) in [7, 11) is -3.41. The predicted molar refractivity (Wildman–Crippen MR) is 81.4 cm³/mol. The lowest BCUT2D eigenvalue weighted by Gasteiger charge is -2.06. The van der Waals surface area contributed by atoms with Crippen LogP contribution in [0, 0.1) is 0 Å². The summed E-state index contributed by atoms with van der Waals surface area (Å²) in [4.78, 5) is 8.41. The van der Waals surface area contributed by atoms with E-state index in [-0.39, 0.29) is 5.89 Å². The van der Waals surface area contributed by atoms with Crippen LogP contribution in [0.1, 0.15) is 0 Å². The minimum atomic E-state index is -3.41. The Bertz CT molecular complexity index is 891. The molecule has 0 spiro atoms. The lowest BCUT2D eigenvalue weighted by molar-refractivity contribution is 0.432. The van der Waals surface area contributed by atoms with Crippen molar-refractivity contribution in [2.45, 2.75) is 0 Å². The van der Waals surface area contributed by atoms with Crippen LogP contribution in [0.4, 0.5) is 5.69 Å². The Balaban J connectivity index is 2.01. The zero-order valence-electron chi connectivity index (χ0n) is 11.6. The van der Waals surface area contributed by atoms with E-state index in [1.165, 1.54) is 0 Å². The second-order valence-electron chi connectivity index (χ2n) is 4.56. The average Bonchev–Trinajstić information content (AvgIpc) is 2.97. The molecular formula is C14H12N4O3S. The van der Waals surface area contributed by atoms with Crippen molar-refractivity contribution < 1.29 is 12.9 Å². The summed E-state index contributed by atoms with van der Waals surface area (Å²) < 4.78 is 30.5. The summed E-state index contributed by atoms with van der Waals surface area (Å²) in [5, 5.41) is 3.87. The molecule has 1 N–H and O–H groups in total. The zero-order valence-corrected chi connectivity index (χ0v) is 12.4. The quantitative estimate of drug-likeness (QED) is 0.792. The first kappa shape index (κ1) is 14.2. The van der Waals surface area contributed by atoms with E-state index < -0.39 is 10.0 Å². The van der Waals surface area contributed by atoms with Crippen molar-refractivity contribution >= 4 is 15.7 Å². The first-order valence-electron chi connectivity index (χ1n) is 6.35. The van der Waals surface area contributed by atoms with Gasteiger partial charge >= 0.3 is 0 Å². The van der Waals surface area contributed by atoms with Gasteiger partial charge in [-0.2, -0.15) is 4.98 Å². The number of nitrogens with zero attached hydrogens (tertiary/aromatic N) is 3. The Labute approximate surface area is 127 Å². The molecule has 0 unspecified atom stereocenters. The van der Waals surface area contributed by atoms with Crippen LogP contribution in [0.5, 0.6) is 0 Å². The number of para-hydroxylation sites is 1. The Morgan fingerprint density at radius 1 is 1.09 bits per heavy atom. The highest BCUT2D eigenvalue weighted by atomic mass is 32.2. The Kier molecular flexibility index (Phi) is 3.60. The standard InChI is InChI=1S/C14H12N4O3S/c1-22(19,20)18-11-7-3-2-6-10(11)14-16-13(17-21-14)12-8-4-5-9-15-12/h2-9,18H,1H3. The van der Waals surface area contributed by atoms with E-state index in [4.69, 9.17) is 4.52 Å². The van der Waals surface area contributed by atoms with Gasteiger partial charge in [-0.3, -0.25) is 9.71 Å². The van der Waals surface area contributed by atoms with Gasteiger partial charge in [-0.1, -0.05) is 23.4 Å². The molecule has 1 aromatic carbocycles. The molecule has 0 saturated heterocycles. The van der Waals surface area contributed by atoms with E-state index >= 15 is 0 Å². The van der Waals surface area contributed by atoms with Crippen molar-refractivity contribution in [1.82, 2.24) is 15.1 Å². The van der Waals surface area contributed by atoms with Gasteiger partial charge in [0, 0.05) is 6.20 Å². The van der Waals surface area contributed by atoms with Crippen LogP contribution in [-0.4, -0.2) is 29.8 Å². The number of rotatable bonds is 4. The normalized spacial score (nSPS) is 11.3. The van der Waals surface area contributed by atoms with Gasteiger partial charge < -0.3 is 4.52 Å². The third kappa shape index (κ3) is 3.12. The lowest BCUT2D eigenvalue weighted by Crippen LogP contribution is -2.10. The molecule has 0 radical (unpaired) electrons. The van der Waals surface area contributed by atoms with Gasteiger partial charge in [0.2, 0.25) is 15.8 Å². The maximum atomic E-state index is 11.4. The largest absolute Gasteiger partial charge is 0.333 e. The highest BCUT2D eigenvalue weighted by Crippen LogP contribution is 2.28. The number of sulfonamides is 1. The lowest BCUT2D eigenvalue weighted by atomic mass is 10.2. The van der Waals surface area contributed by atoms with Crippen LogP contribution in [0.25, 0.3) is 23.0 Å². The molecule has 0 atom stereocenters. The van der Waals surface area contributed by atoms with Crippen LogP contribution in [-0.2, 0) is 10.0 Å². The third-order valence-corrected chi connectivity index (χ3v) is 3.36. The first-order valence-corrected chi connectivity index (χ1v) is 8.24. The molecule has 22 heavy (non-hydrogen) atoms. The van der Waals surface area contributed by atoms with Crippen molar-refractivity contribution in [2.24, 2.45) is 0 Å². The van der Waals surface area contributed by atoms with Crippen molar-refractivity contribution in [3.8, 4) is 23.0 Å². The van der Waals surface area contributed by atoms with Gasteiger partial charge in [-0.15, -0.1) is 0 Å². The molecule has 0 fully saturated rings. The number of hydrogen-bond acceptors (Lipinski definition) is 6. The fourth-order valence-electron chi connectivity index (χ4n) is 1.89. The molecule has 2 aromatic heterocycles. The molecule has 0 bridgehead atoms. The Morgan fingerprint density at radius 2 is 1.86 bits per heavy atom. The summed E-state index contributed by atoms with van der Waals surface area (Å²) in [5.74, 6) is 0.553. The highest BCUT2D eigenvalue weighted by Gasteiger charge is 2.16. The summed E-state index contributed by atoms with van der Waals surface area (Å²) in [6.45, 7) is 0. The molecule has 112 valence electrons. The molecule has 0 saturated carbocycles. The van der Waals surface area contributed by atoms with Gasteiger partial charge in [-0.25, -0.2) is 8.42 Å². The summed E-state index contributed by atoms with van der Waals surface area (Å²) in [6, 6.07) is 12.2. The van der Waals surface area contributed by atoms with Crippen molar-refractivity contribution in [3.05, 3.63) is 48.7 Å². The van der Waals surface area contributed by atoms with Gasteiger partial charge in [0.05, 0.1) is 17.5 Å². The monoisotopic (exact) mass is 316 g/mol. The van der Waals surface area contributed by atoms with E-state index in [1.54, 1.807) is 42.6 Å². The Morgan fingerprint density at radius 3 is 2.59 bits per heavy atom. The fourth-order valence-corrected chi connectivity index (χ4v) is 2.47. The molecule has 0 aliphatic rings. The maximum absolute atomic E-state index is 11.4. The number of hydrogen-bond donors (Lipinski definition) is 1. The molecule has 3 rings (SSSR count). The Hall–Kier alpha value is -2.74. The first-order chi connectivity index (χ1) is 10.5. The molecule has 7 nitrogen and oxygen atoms in total. The minimum absolute atomic E-state index is 0.215. The van der Waals surface area contributed by atoms with Crippen molar-refractivity contribution in [1.29, 1.82) is 0 Å². The van der Waals surface area contributed by atoms with Crippen LogP contribution < -0.4 is 4.72 Å². The third-order valence-electron chi connectivity index (χ3n) is 2.77. The van der Waals surface area contributed by atoms with E-state index in [1.807, 2.05) is 6.07 Å². The van der Waals surface area contributed by atoms with Crippen LogP contribution in [0.2, 0.25) is 0 Å². The van der Waals surface area contributed by atoms with Crippen LogP contribution in [0.15, 0.2) is 53.2 Å². The van der Waals surface area contributed by atoms with Gasteiger partial charge in [0.15, 0.2) is 0 Å². The molecule has 8 heteroatoms. The molecule has 2 heterocycles. The second-order valence-corrected chi connectivity index (χ2v) is 6.31. The van der Waals surface area contributed by atoms with Gasteiger partial charge in [0.25, 0.3) is 5.89 Å². The van der Waals surface area contributed by atoms with Gasteiger partial charge in [0.1, 0.15) is 5.69 Å². The second kappa shape index (κ2) is 5.57. The molecule has 0 aliphatic carbocycles. The molecular weight excluding hydrogens is 304 g/mol. The smallest absolute Gasteiger partial charge is 0.260 e. The van der Waals surface area contributed by atoms with Gasteiger partial charge in [-0.05, 0) is 24.3 Å². The SMILES string of the molecule is CS(=O)(=O)Nc1ccccc1-c1nc(-c2ccccn2)no1. The molecule has 3 aromatic rings. The number of anilines is 1. The minimum Gasteiger partial charge on any atom is -0.333 e. The zero-order chi connectivity index (χ0) is 15.6. The van der Waals surface area contributed by atoms with E-state index in [9.17, 15) is 8.42 Å². The number of benzene rings is 1. The summed E-state index contributed by atoms with van der Waals surface area (Å²) in [5.41, 5.74) is 1.45. The van der Waals surface area contributed by atoms with Crippen molar-refractivity contribution in [2.75, 3.05) is 11.0 Å². The predicted octanol–water partition coefficient (Wildman–Crippen LogP) is 2.17. The fraction of sp³-hybridized carbons (Fsp3) is 0.0714. The summed E-state index contributed by atoms with van der Waals surface area (Å²) in [6.07, 6.45) is 2.71. The van der Waals surface area contributed by atoms with E-state index in [0.29, 0.717) is 22.8 Å². The van der Waals surface area contributed by atoms with E-state index in [0.717, 1.165) is 6.26 Å². The highest BCUT2D eigenvalue weighted by molar-refractivity contribution is 7.92. The van der Waals surface area contributed by atoms with Crippen molar-refractivity contribution in [3.63, 3.8) is 0 Å². The average molecular weight is 316 g/mol. The number of pyridine rings is 1. The maximum Gasteiger partial charge on any atom is 0.260 e.